The Kier molecular flexibility index (Phi) is 4.47. The molecule has 7 heterocycles. The van der Waals surface area contributed by atoms with E-state index in [1.807, 2.05) is 46.9 Å². The highest BCUT2D eigenvalue weighted by Gasteiger charge is 2.59. The molecule has 1 unspecified atom stereocenters. The fourth-order valence-electron chi connectivity index (χ4n) is 4.61. The van der Waals surface area contributed by atoms with Gasteiger partial charge in [0.2, 0.25) is 11.8 Å². The van der Waals surface area contributed by atoms with Crippen LogP contribution in [0.4, 0.5) is 11.8 Å². The summed E-state index contributed by atoms with van der Waals surface area (Å²) >= 11 is 3.01. The number of hydrogen-bond donors (Lipinski definition) is 2. The Balaban J connectivity index is 1.69. The zero-order valence-electron chi connectivity index (χ0n) is 17.9. The van der Waals surface area contributed by atoms with Crippen LogP contribution < -0.4 is 10.0 Å². The highest BCUT2D eigenvalue weighted by molar-refractivity contribution is 7.10. The summed E-state index contributed by atoms with van der Waals surface area (Å²) in [5.41, 5.74) is 1.95. The van der Waals surface area contributed by atoms with E-state index >= 15 is 0 Å². The maximum atomic E-state index is 5.91. The highest BCUT2D eigenvalue weighted by atomic mass is 32.1. The minimum Gasteiger partial charge on any atom is -0.443 e. The second kappa shape index (κ2) is 7.82. The first-order chi connectivity index (χ1) is 17.4. The number of imidazole rings is 1. The van der Waals surface area contributed by atoms with Crippen molar-refractivity contribution in [2.75, 3.05) is 10.0 Å². The fraction of sp³-hybridized carbons (Fsp3) is 0.0435. The number of hydrazine groups is 1. The number of anilines is 2. The molecule has 6 aromatic rings. The van der Waals surface area contributed by atoms with Crippen LogP contribution in [0.25, 0.3) is 11.3 Å². The van der Waals surface area contributed by atoms with E-state index in [9.17, 15) is 0 Å². The van der Waals surface area contributed by atoms with E-state index in [4.69, 9.17) is 13.3 Å². The molecule has 0 fully saturated rings. The fourth-order valence-corrected chi connectivity index (χ4v) is 6.09. The van der Waals surface area contributed by atoms with E-state index in [1.165, 1.54) is 11.5 Å². The molecule has 35 heavy (non-hydrogen) atoms. The molecule has 0 aromatic carbocycles. The summed E-state index contributed by atoms with van der Waals surface area (Å²) in [6.07, 6.45) is 10.1. The van der Waals surface area contributed by atoms with Crippen LogP contribution in [0.15, 0.2) is 93.4 Å². The predicted molar refractivity (Wildman–Crippen MR) is 131 cm³/mol. The molecular formula is C23H16N8O2S2. The zero-order chi connectivity index (χ0) is 23.2. The number of oxazole rings is 1. The lowest BCUT2D eigenvalue weighted by Gasteiger charge is -2.42. The number of aromatic nitrogens is 6. The quantitative estimate of drug-likeness (QED) is 0.329. The van der Waals surface area contributed by atoms with E-state index in [0.717, 1.165) is 22.0 Å². The lowest BCUT2D eigenvalue weighted by atomic mass is 9.82. The van der Waals surface area contributed by atoms with Crippen LogP contribution in [0.3, 0.4) is 0 Å². The van der Waals surface area contributed by atoms with Gasteiger partial charge >= 0.3 is 0 Å². The van der Waals surface area contributed by atoms with Crippen LogP contribution in [0.5, 0.6) is 0 Å². The van der Waals surface area contributed by atoms with Crippen molar-refractivity contribution in [3.63, 3.8) is 0 Å². The normalized spacial score (nSPS) is 18.2. The molecule has 0 radical (unpaired) electrons. The van der Waals surface area contributed by atoms with Gasteiger partial charge in [-0.2, -0.15) is 4.37 Å². The molecule has 172 valence electrons. The Morgan fingerprint density at radius 1 is 0.943 bits per heavy atom. The lowest BCUT2D eigenvalue weighted by molar-refractivity contribution is 0.416. The first-order valence-electron chi connectivity index (χ1n) is 10.6. The van der Waals surface area contributed by atoms with E-state index in [2.05, 4.69) is 41.5 Å². The number of hydrogen-bond acceptors (Lipinski definition) is 10. The van der Waals surface area contributed by atoms with E-state index in [1.54, 1.807) is 42.5 Å². The Bertz CT molecular complexity index is 1500. The standard InChI is InChI=1S/C23H16N8O2S2/c1-4-18(24-7-1)31-23(16-6-14-35-29-16,17-3-2-13-34-17)19(15-5-11-33-28-15)20(21-25-10-12-32-21)30(31)22-26-8-9-27-22/h1-14,24H,(H,26,27). The van der Waals surface area contributed by atoms with Crippen molar-refractivity contribution in [1.29, 1.82) is 0 Å². The number of rotatable bonds is 6. The molecule has 7 rings (SSSR count). The molecule has 0 saturated carbocycles. The van der Waals surface area contributed by atoms with Crippen molar-refractivity contribution in [1.82, 2.24) is 29.5 Å². The van der Waals surface area contributed by atoms with Gasteiger partial charge in [-0.15, -0.1) is 11.3 Å². The number of nitrogens with one attached hydrogen (secondary N) is 2. The summed E-state index contributed by atoms with van der Waals surface area (Å²) in [6.45, 7) is 0. The third-order valence-corrected chi connectivity index (χ3v) is 7.38. The van der Waals surface area contributed by atoms with Gasteiger partial charge in [0.15, 0.2) is 5.54 Å². The topological polar surface area (TPSA) is 116 Å². The SMILES string of the molecule is c1c[nH]c(N2N(c3ncc[nH]3)C(c3ncco3)=C(c3ccon3)C2(c2ccsn2)c2cccs2)c1. The predicted octanol–water partition coefficient (Wildman–Crippen LogP) is 4.99. The Morgan fingerprint density at radius 3 is 2.60 bits per heavy atom. The Labute approximate surface area is 206 Å². The van der Waals surface area contributed by atoms with Gasteiger partial charge in [-0.25, -0.2) is 20.0 Å². The summed E-state index contributed by atoms with van der Waals surface area (Å²) < 4.78 is 16.1. The summed E-state index contributed by atoms with van der Waals surface area (Å²) in [5.74, 6) is 1.79. The molecule has 1 aliphatic rings. The van der Waals surface area contributed by atoms with E-state index in [0.29, 0.717) is 23.2 Å². The molecule has 1 atom stereocenters. The van der Waals surface area contributed by atoms with Crippen molar-refractivity contribution < 1.29 is 8.94 Å². The van der Waals surface area contributed by atoms with E-state index < -0.39 is 5.54 Å². The largest absolute Gasteiger partial charge is 0.443 e. The van der Waals surface area contributed by atoms with E-state index in [-0.39, 0.29) is 0 Å². The maximum absolute atomic E-state index is 5.91. The highest BCUT2D eigenvalue weighted by Crippen LogP contribution is 2.58. The molecular weight excluding hydrogens is 484 g/mol. The average Bonchev–Trinajstić information content (AvgIpc) is 3.71. The van der Waals surface area contributed by atoms with Gasteiger partial charge in [0.05, 0.1) is 17.5 Å². The van der Waals surface area contributed by atoms with Crippen molar-refractivity contribution in [2.24, 2.45) is 0 Å². The van der Waals surface area contributed by atoms with Crippen LogP contribution in [0.2, 0.25) is 0 Å². The number of H-pyrrole nitrogens is 2. The van der Waals surface area contributed by atoms with Crippen LogP contribution in [-0.2, 0) is 5.54 Å². The van der Waals surface area contributed by atoms with Gasteiger partial charge in [0, 0.05) is 34.9 Å². The molecule has 0 aliphatic carbocycles. The Hall–Kier alpha value is -4.42. The number of nitrogens with zero attached hydrogens (tertiary/aromatic N) is 6. The molecule has 10 nitrogen and oxygen atoms in total. The molecule has 0 spiro atoms. The summed E-state index contributed by atoms with van der Waals surface area (Å²) in [4.78, 5) is 16.8. The maximum Gasteiger partial charge on any atom is 0.245 e. The number of thiophene rings is 1. The van der Waals surface area contributed by atoms with Gasteiger partial charge in [0.25, 0.3) is 0 Å². The minimum absolute atomic E-state index is 0.407. The van der Waals surface area contributed by atoms with Crippen molar-refractivity contribution in [2.45, 2.75) is 5.54 Å². The molecule has 1 aliphatic heterocycles. The Morgan fingerprint density at radius 2 is 1.94 bits per heavy atom. The second-order valence-corrected chi connectivity index (χ2v) is 9.22. The second-order valence-electron chi connectivity index (χ2n) is 7.61. The third kappa shape index (κ3) is 2.80. The molecule has 0 bridgehead atoms. The van der Waals surface area contributed by atoms with Crippen LogP contribution in [0.1, 0.15) is 22.2 Å². The number of aromatic amines is 2. The van der Waals surface area contributed by atoms with Crippen LogP contribution in [-0.4, -0.2) is 29.5 Å². The van der Waals surface area contributed by atoms with Gasteiger partial charge in [-0.05, 0) is 41.2 Å². The first-order valence-corrected chi connectivity index (χ1v) is 12.3. The minimum atomic E-state index is -0.952. The summed E-state index contributed by atoms with van der Waals surface area (Å²) in [7, 11) is 0. The summed E-state index contributed by atoms with van der Waals surface area (Å²) in [6, 6.07) is 11.9. The molecule has 6 aromatic heterocycles. The van der Waals surface area contributed by atoms with Gasteiger partial charge in [-0.3, -0.25) is 0 Å². The molecule has 0 amide bonds. The molecule has 0 saturated heterocycles. The summed E-state index contributed by atoms with van der Waals surface area (Å²) in [5, 5.41) is 12.5. The third-order valence-electron chi connectivity index (χ3n) is 5.84. The van der Waals surface area contributed by atoms with Crippen LogP contribution in [0, 0.1) is 0 Å². The zero-order valence-corrected chi connectivity index (χ0v) is 19.5. The van der Waals surface area contributed by atoms with Crippen LogP contribution >= 0.6 is 22.9 Å². The smallest absolute Gasteiger partial charge is 0.245 e. The van der Waals surface area contributed by atoms with Gasteiger partial charge in [-0.1, -0.05) is 11.2 Å². The lowest BCUT2D eigenvalue weighted by Crippen LogP contribution is -2.51. The van der Waals surface area contributed by atoms with Crippen molar-refractivity contribution >= 4 is 45.9 Å². The molecule has 2 N–H and O–H groups in total. The monoisotopic (exact) mass is 500 g/mol. The van der Waals surface area contributed by atoms with Crippen molar-refractivity contribution in [3.05, 3.63) is 107 Å². The van der Waals surface area contributed by atoms with Gasteiger partial charge in [0.1, 0.15) is 29.7 Å². The molecule has 12 heteroatoms. The van der Waals surface area contributed by atoms with Gasteiger partial charge < -0.3 is 18.9 Å². The first kappa shape index (κ1) is 20.0. The average molecular weight is 501 g/mol. The van der Waals surface area contributed by atoms with Crippen molar-refractivity contribution in [3.8, 4) is 0 Å².